The molecule has 0 bridgehead atoms. The molecule has 1 aromatic carbocycles. The van der Waals surface area contributed by atoms with Crippen molar-refractivity contribution in [1.82, 2.24) is 9.38 Å². The first-order valence-electron chi connectivity index (χ1n) is 6.09. The summed E-state index contributed by atoms with van der Waals surface area (Å²) in [5.74, 6) is 1.06. The second-order valence-electron chi connectivity index (χ2n) is 4.78. The van der Waals surface area contributed by atoms with Gasteiger partial charge in [-0.2, -0.15) is 0 Å². The van der Waals surface area contributed by atoms with Crippen molar-refractivity contribution in [3.05, 3.63) is 40.4 Å². The number of nitrogens with zero attached hydrogens (tertiary/aromatic N) is 2. The van der Waals surface area contributed by atoms with Crippen LogP contribution < -0.4 is 5.73 Å². The number of aromatic nitrogens is 2. The van der Waals surface area contributed by atoms with Crippen LogP contribution in [0.25, 0.3) is 16.2 Å². The predicted molar refractivity (Wildman–Crippen MR) is 82.0 cm³/mol. The Morgan fingerprint density at radius 2 is 1.95 bits per heavy atom. The number of benzene rings is 1. The van der Waals surface area contributed by atoms with E-state index in [2.05, 4.69) is 24.2 Å². The van der Waals surface area contributed by atoms with Gasteiger partial charge in [-0.1, -0.05) is 37.6 Å². The summed E-state index contributed by atoms with van der Waals surface area (Å²) in [7, 11) is 0. The number of halogens is 1. The zero-order valence-electron chi connectivity index (χ0n) is 10.7. The zero-order valence-corrected chi connectivity index (χ0v) is 12.3. The van der Waals surface area contributed by atoms with E-state index in [4.69, 9.17) is 17.3 Å². The molecule has 2 N–H and O–H groups in total. The van der Waals surface area contributed by atoms with E-state index in [0.29, 0.717) is 5.92 Å². The topological polar surface area (TPSA) is 43.3 Å². The number of nitrogen functional groups attached to an aromatic ring is 1. The molecule has 2 heterocycles. The van der Waals surface area contributed by atoms with E-state index in [1.165, 1.54) is 0 Å². The zero-order chi connectivity index (χ0) is 13.6. The number of anilines is 1. The molecule has 3 nitrogen and oxygen atoms in total. The number of hydrogen-bond donors (Lipinski definition) is 1. The van der Waals surface area contributed by atoms with Crippen LogP contribution in [-0.4, -0.2) is 9.38 Å². The van der Waals surface area contributed by atoms with Gasteiger partial charge < -0.3 is 5.73 Å². The quantitative estimate of drug-likeness (QED) is 0.759. The highest BCUT2D eigenvalue weighted by atomic mass is 35.5. The number of fused-ring (bicyclic) bond motifs is 1. The predicted octanol–water partition coefficient (Wildman–Crippen LogP) is 4.42. The van der Waals surface area contributed by atoms with E-state index in [0.717, 1.165) is 32.8 Å². The number of hydrogen-bond acceptors (Lipinski definition) is 3. The molecule has 0 saturated heterocycles. The minimum Gasteiger partial charge on any atom is -0.383 e. The molecule has 3 rings (SSSR count). The summed E-state index contributed by atoms with van der Waals surface area (Å²) in [6.45, 7) is 4.20. The molecule has 19 heavy (non-hydrogen) atoms. The minimum absolute atomic E-state index is 0.324. The van der Waals surface area contributed by atoms with Crippen LogP contribution in [0.3, 0.4) is 0 Å². The molecule has 0 aliphatic carbocycles. The maximum atomic E-state index is 6.23. The second kappa shape index (κ2) is 4.54. The lowest BCUT2D eigenvalue weighted by Gasteiger charge is -2.04. The van der Waals surface area contributed by atoms with Crippen LogP contribution in [0.2, 0.25) is 5.02 Å². The normalized spacial score (nSPS) is 11.6. The van der Waals surface area contributed by atoms with Gasteiger partial charge in [0.25, 0.3) is 0 Å². The third-order valence-corrected chi connectivity index (χ3v) is 4.19. The van der Waals surface area contributed by atoms with E-state index in [1.807, 2.05) is 28.7 Å². The standard InChI is InChI=1S/C14H14ClN3S/c1-8(2)12-13(16)18-11(7-19-14(18)17-12)9-3-5-10(15)6-4-9/h3-8H,16H2,1-2H3. The monoisotopic (exact) mass is 291 g/mol. The maximum absolute atomic E-state index is 6.23. The summed E-state index contributed by atoms with van der Waals surface area (Å²) in [5.41, 5.74) is 9.35. The van der Waals surface area contributed by atoms with E-state index in [1.54, 1.807) is 11.3 Å². The average molecular weight is 292 g/mol. The van der Waals surface area contributed by atoms with Gasteiger partial charge in [0.15, 0.2) is 4.96 Å². The fourth-order valence-electron chi connectivity index (χ4n) is 2.14. The summed E-state index contributed by atoms with van der Waals surface area (Å²) in [6.07, 6.45) is 0. The third kappa shape index (κ3) is 2.01. The number of imidazole rings is 1. The van der Waals surface area contributed by atoms with Gasteiger partial charge in [-0.05, 0) is 23.6 Å². The largest absolute Gasteiger partial charge is 0.383 e. The van der Waals surface area contributed by atoms with E-state index in [-0.39, 0.29) is 0 Å². The van der Waals surface area contributed by atoms with Crippen molar-refractivity contribution in [2.75, 3.05) is 5.73 Å². The van der Waals surface area contributed by atoms with Gasteiger partial charge in [0.2, 0.25) is 0 Å². The number of nitrogens with two attached hydrogens (primary N) is 1. The molecule has 0 aliphatic rings. The Bertz CT molecular complexity index is 725. The molecule has 0 saturated carbocycles. The van der Waals surface area contributed by atoms with Gasteiger partial charge >= 0.3 is 0 Å². The van der Waals surface area contributed by atoms with E-state index >= 15 is 0 Å². The van der Waals surface area contributed by atoms with E-state index < -0.39 is 0 Å². The molecular weight excluding hydrogens is 278 g/mol. The van der Waals surface area contributed by atoms with Gasteiger partial charge in [-0.25, -0.2) is 4.98 Å². The molecular formula is C14H14ClN3S. The van der Waals surface area contributed by atoms with Crippen molar-refractivity contribution in [2.24, 2.45) is 0 Å². The van der Waals surface area contributed by atoms with Crippen molar-refractivity contribution in [2.45, 2.75) is 19.8 Å². The lowest BCUT2D eigenvalue weighted by Crippen LogP contribution is -1.98. The first kappa shape index (κ1) is 12.5. The molecule has 0 spiro atoms. The first-order chi connectivity index (χ1) is 9.08. The number of thiazole rings is 1. The third-order valence-electron chi connectivity index (χ3n) is 3.11. The highest BCUT2D eigenvalue weighted by Crippen LogP contribution is 2.32. The molecule has 0 amide bonds. The highest BCUT2D eigenvalue weighted by molar-refractivity contribution is 7.15. The van der Waals surface area contributed by atoms with E-state index in [9.17, 15) is 0 Å². The summed E-state index contributed by atoms with van der Waals surface area (Å²) < 4.78 is 2.02. The van der Waals surface area contributed by atoms with Gasteiger partial charge in [0, 0.05) is 10.4 Å². The van der Waals surface area contributed by atoms with Gasteiger partial charge in [-0.15, -0.1) is 11.3 Å². The van der Waals surface area contributed by atoms with Crippen molar-refractivity contribution in [3.8, 4) is 11.3 Å². The Morgan fingerprint density at radius 3 is 2.58 bits per heavy atom. The Hall–Kier alpha value is -1.52. The SMILES string of the molecule is CC(C)c1nc2scc(-c3ccc(Cl)cc3)n2c1N. The van der Waals surface area contributed by atoms with Crippen molar-refractivity contribution in [3.63, 3.8) is 0 Å². The Labute approximate surface area is 120 Å². The fraction of sp³-hybridized carbons (Fsp3) is 0.214. The fourth-order valence-corrected chi connectivity index (χ4v) is 3.18. The summed E-state index contributed by atoms with van der Waals surface area (Å²) in [6, 6.07) is 7.77. The minimum atomic E-state index is 0.324. The van der Waals surface area contributed by atoms with Crippen LogP contribution in [0.15, 0.2) is 29.6 Å². The van der Waals surface area contributed by atoms with Crippen LogP contribution in [0.5, 0.6) is 0 Å². The molecule has 0 atom stereocenters. The molecule has 98 valence electrons. The number of rotatable bonds is 2. The molecule has 3 aromatic rings. The van der Waals surface area contributed by atoms with Crippen molar-refractivity contribution in [1.29, 1.82) is 0 Å². The molecule has 5 heteroatoms. The molecule has 0 unspecified atom stereocenters. The lowest BCUT2D eigenvalue weighted by molar-refractivity contribution is 0.838. The summed E-state index contributed by atoms with van der Waals surface area (Å²) in [5, 5.41) is 2.81. The van der Waals surface area contributed by atoms with Crippen LogP contribution in [0, 0.1) is 0 Å². The van der Waals surface area contributed by atoms with Crippen molar-refractivity contribution >= 4 is 33.7 Å². The molecule has 0 fully saturated rings. The first-order valence-corrected chi connectivity index (χ1v) is 7.35. The Balaban J connectivity index is 2.22. The maximum Gasteiger partial charge on any atom is 0.196 e. The smallest absolute Gasteiger partial charge is 0.196 e. The van der Waals surface area contributed by atoms with Crippen LogP contribution in [0.1, 0.15) is 25.5 Å². The average Bonchev–Trinajstić information content (AvgIpc) is 2.91. The van der Waals surface area contributed by atoms with Gasteiger partial charge in [0.1, 0.15) is 5.82 Å². The van der Waals surface area contributed by atoms with Crippen LogP contribution in [-0.2, 0) is 0 Å². The summed E-state index contributed by atoms with van der Waals surface area (Å²) in [4.78, 5) is 5.54. The summed E-state index contributed by atoms with van der Waals surface area (Å²) >= 11 is 7.53. The lowest BCUT2D eigenvalue weighted by atomic mass is 10.1. The molecule has 2 aromatic heterocycles. The van der Waals surface area contributed by atoms with Gasteiger partial charge in [0.05, 0.1) is 11.4 Å². The molecule has 0 aliphatic heterocycles. The van der Waals surface area contributed by atoms with Gasteiger partial charge in [-0.3, -0.25) is 4.40 Å². The van der Waals surface area contributed by atoms with Crippen LogP contribution >= 0.6 is 22.9 Å². The Kier molecular flexibility index (Phi) is 2.99. The molecule has 0 radical (unpaired) electrons. The highest BCUT2D eigenvalue weighted by Gasteiger charge is 2.17. The second-order valence-corrected chi connectivity index (χ2v) is 6.06. The van der Waals surface area contributed by atoms with Crippen LogP contribution in [0.4, 0.5) is 5.82 Å². The van der Waals surface area contributed by atoms with Crippen molar-refractivity contribution < 1.29 is 0 Å². The Morgan fingerprint density at radius 1 is 1.26 bits per heavy atom.